The summed E-state index contributed by atoms with van der Waals surface area (Å²) in [6.45, 7) is 8.35. The highest BCUT2D eigenvalue weighted by molar-refractivity contribution is 5.96. The summed E-state index contributed by atoms with van der Waals surface area (Å²) < 4.78 is 0. The Balaban J connectivity index is 0.985. The number of Topliss-reactive ketones (excluding diaryl/α,β-unsaturated/α-hetero) is 2. The van der Waals surface area contributed by atoms with E-state index in [-0.39, 0.29) is 11.6 Å². The lowest BCUT2D eigenvalue weighted by Gasteiger charge is -2.11. The average Bonchev–Trinajstić information content (AvgIpc) is 3.13. The number of anilines is 2. The SMILES string of the molecule is C=C(Nc1ccc(CCCCC(=O)c2ccc(C(=C)Nc3ccc(CCCCC(=O)c4ccccc4)cc3)cc2)cc1)c1ccccc1. The minimum Gasteiger partial charge on any atom is -0.356 e. The second-order valence-corrected chi connectivity index (χ2v) is 12.2. The maximum absolute atomic E-state index is 12.8. The molecule has 0 atom stereocenters. The lowest BCUT2D eigenvalue weighted by molar-refractivity contribution is 0.0971. The Kier molecular flexibility index (Phi) is 12.3. The number of benzene rings is 5. The van der Waals surface area contributed by atoms with Crippen LogP contribution in [-0.2, 0) is 12.8 Å². The first kappa shape index (κ1) is 33.9. The van der Waals surface area contributed by atoms with Crippen molar-refractivity contribution in [1.29, 1.82) is 0 Å². The summed E-state index contributed by atoms with van der Waals surface area (Å²) in [4.78, 5) is 25.1. The minimum absolute atomic E-state index is 0.166. The third-order valence-corrected chi connectivity index (χ3v) is 8.51. The predicted molar refractivity (Wildman–Crippen MR) is 201 cm³/mol. The molecule has 5 rings (SSSR count). The van der Waals surface area contributed by atoms with Gasteiger partial charge in [0.2, 0.25) is 0 Å². The van der Waals surface area contributed by atoms with Crippen molar-refractivity contribution in [2.45, 2.75) is 51.4 Å². The van der Waals surface area contributed by atoms with Crippen LogP contribution in [0.25, 0.3) is 11.4 Å². The van der Waals surface area contributed by atoms with E-state index in [1.807, 2.05) is 84.9 Å². The topological polar surface area (TPSA) is 58.2 Å². The van der Waals surface area contributed by atoms with E-state index >= 15 is 0 Å². The molecule has 4 nitrogen and oxygen atoms in total. The van der Waals surface area contributed by atoms with Crippen molar-refractivity contribution >= 4 is 34.3 Å². The zero-order chi connectivity index (χ0) is 33.6. The van der Waals surface area contributed by atoms with Crippen molar-refractivity contribution in [2.75, 3.05) is 10.6 Å². The zero-order valence-corrected chi connectivity index (χ0v) is 27.6. The Morgan fingerprint density at radius 2 is 0.771 bits per heavy atom. The number of hydrogen-bond acceptors (Lipinski definition) is 4. The van der Waals surface area contributed by atoms with Gasteiger partial charge in [0, 0.05) is 46.7 Å². The van der Waals surface area contributed by atoms with Crippen LogP contribution in [-0.4, -0.2) is 11.6 Å². The molecule has 5 aromatic rings. The molecule has 0 amide bonds. The predicted octanol–water partition coefficient (Wildman–Crippen LogP) is 11.0. The van der Waals surface area contributed by atoms with E-state index in [4.69, 9.17) is 0 Å². The quantitative estimate of drug-likeness (QED) is 0.0745. The van der Waals surface area contributed by atoms with E-state index < -0.39 is 0 Å². The van der Waals surface area contributed by atoms with Crippen LogP contribution in [0.3, 0.4) is 0 Å². The van der Waals surface area contributed by atoms with Gasteiger partial charge in [-0.1, -0.05) is 122 Å². The van der Waals surface area contributed by atoms with E-state index in [2.05, 4.69) is 72.3 Å². The summed E-state index contributed by atoms with van der Waals surface area (Å²) in [7, 11) is 0. The molecule has 0 heterocycles. The van der Waals surface area contributed by atoms with Gasteiger partial charge in [0.25, 0.3) is 0 Å². The summed E-state index contributed by atoms with van der Waals surface area (Å²) in [5.74, 6) is 0.374. The highest BCUT2D eigenvalue weighted by Gasteiger charge is 2.08. The van der Waals surface area contributed by atoms with Gasteiger partial charge in [-0.25, -0.2) is 0 Å². The standard InChI is InChI=1S/C44H44N2O2/c1-33(37-15-5-3-6-16-37)45-41-29-21-36(22-30-41)14-10-12-20-44(48)40-27-25-38(26-28-40)34(2)46-42-31-23-35(24-32-42)13-9-11-19-43(47)39-17-7-4-8-18-39/h3-8,15-18,21-32,45-46H,1-2,9-14,19-20H2. The summed E-state index contributed by atoms with van der Waals surface area (Å²) >= 11 is 0. The first-order valence-electron chi connectivity index (χ1n) is 16.8. The summed E-state index contributed by atoms with van der Waals surface area (Å²) in [5, 5.41) is 6.75. The van der Waals surface area contributed by atoms with E-state index in [0.29, 0.717) is 12.8 Å². The normalized spacial score (nSPS) is 10.7. The van der Waals surface area contributed by atoms with Gasteiger partial charge in [-0.3, -0.25) is 9.59 Å². The molecule has 0 spiro atoms. The number of rotatable bonds is 18. The van der Waals surface area contributed by atoms with Crippen LogP contribution in [0, 0.1) is 0 Å². The smallest absolute Gasteiger partial charge is 0.162 e. The summed E-state index contributed by atoms with van der Waals surface area (Å²) in [6, 6.07) is 44.1. The number of hydrogen-bond donors (Lipinski definition) is 2. The number of aryl methyl sites for hydroxylation is 2. The molecule has 0 aromatic heterocycles. The molecule has 0 bridgehead atoms. The third-order valence-electron chi connectivity index (χ3n) is 8.51. The summed E-state index contributed by atoms with van der Waals surface area (Å²) in [5.41, 5.74) is 9.69. The average molecular weight is 633 g/mol. The highest BCUT2D eigenvalue weighted by atomic mass is 16.1. The molecular formula is C44H44N2O2. The number of carbonyl (C=O) groups is 2. The van der Waals surface area contributed by atoms with Gasteiger partial charge in [-0.15, -0.1) is 0 Å². The lowest BCUT2D eigenvalue weighted by atomic mass is 10.0. The molecule has 0 unspecified atom stereocenters. The second kappa shape index (κ2) is 17.4. The number of unbranched alkanes of at least 4 members (excludes halogenated alkanes) is 2. The Labute approximate surface area is 285 Å². The van der Waals surface area contributed by atoms with Gasteiger partial charge in [0.15, 0.2) is 11.6 Å². The molecule has 0 aliphatic heterocycles. The Hall–Kier alpha value is -5.48. The summed E-state index contributed by atoms with van der Waals surface area (Å²) in [6.07, 6.45) is 6.65. The highest BCUT2D eigenvalue weighted by Crippen LogP contribution is 2.21. The lowest BCUT2D eigenvalue weighted by Crippen LogP contribution is -2.01. The monoisotopic (exact) mass is 632 g/mol. The fourth-order valence-corrected chi connectivity index (χ4v) is 5.64. The number of ketones is 2. The molecular weight excluding hydrogens is 588 g/mol. The van der Waals surface area contributed by atoms with Gasteiger partial charge < -0.3 is 10.6 Å². The van der Waals surface area contributed by atoms with Gasteiger partial charge in [-0.2, -0.15) is 0 Å². The number of nitrogens with one attached hydrogen (secondary N) is 2. The molecule has 0 saturated carbocycles. The molecule has 0 radical (unpaired) electrons. The van der Waals surface area contributed by atoms with E-state index in [9.17, 15) is 9.59 Å². The fraction of sp³-hybridized carbons (Fsp3) is 0.182. The fourth-order valence-electron chi connectivity index (χ4n) is 5.64. The third kappa shape index (κ3) is 10.3. The molecule has 0 aliphatic carbocycles. The van der Waals surface area contributed by atoms with Crippen molar-refractivity contribution in [1.82, 2.24) is 0 Å². The van der Waals surface area contributed by atoms with Gasteiger partial charge >= 0.3 is 0 Å². The van der Waals surface area contributed by atoms with Crippen LogP contribution in [0.1, 0.15) is 81.5 Å². The van der Waals surface area contributed by atoms with Gasteiger partial charge in [0.05, 0.1) is 0 Å². The Morgan fingerprint density at radius 3 is 1.21 bits per heavy atom. The van der Waals surface area contributed by atoms with Crippen LogP contribution in [0.2, 0.25) is 0 Å². The first-order valence-corrected chi connectivity index (χ1v) is 16.8. The van der Waals surface area contributed by atoms with E-state index in [1.165, 1.54) is 11.1 Å². The van der Waals surface area contributed by atoms with Crippen molar-refractivity contribution < 1.29 is 9.59 Å². The minimum atomic E-state index is 0.166. The van der Waals surface area contributed by atoms with Gasteiger partial charge in [0.1, 0.15) is 0 Å². The van der Waals surface area contributed by atoms with E-state index in [0.717, 1.165) is 83.5 Å². The molecule has 0 aliphatic rings. The van der Waals surface area contributed by atoms with Gasteiger partial charge in [-0.05, 0) is 85.0 Å². The van der Waals surface area contributed by atoms with Crippen LogP contribution < -0.4 is 10.6 Å². The zero-order valence-electron chi connectivity index (χ0n) is 27.6. The van der Waals surface area contributed by atoms with Crippen LogP contribution >= 0.6 is 0 Å². The molecule has 48 heavy (non-hydrogen) atoms. The van der Waals surface area contributed by atoms with E-state index in [1.54, 1.807) is 0 Å². The molecule has 4 heteroatoms. The maximum atomic E-state index is 12.8. The largest absolute Gasteiger partial charge is 0.356 e. The van der Waals surface area contributed by atoms with Crippen LogP contribution in [0.4, 0.5) is 11.4 Å². The van der Waals surface area contributed by atoms with Crippen molar-refractivity contribution in [3.05, 3.63) is 180 Å². The Morgan fingerprint density at radius 1 is 0.417 bits per heavy atom. The first-order chi connectivity index (χ1) is 23.4. The second-order valence-electron chi connectivity index (χ2n) is 12.2. The van der Waals surface area contributed by atoms with Crippen molar-refractivity contribution in [2.24, 2.45) is 0 Å². The van der Waals surface area contributed by atoms with Crippen LogP contribution in [0.5, 0.6) is 0 Å². The van der Waals surface area contributed by atoms with Crippen LogP contribution in [0.15, 0.2) is 147 Å². The molecule has 242 valence electrons. The number of carbonyl (C=O) groups excluding carboxylic acids is 2. The molecule has 5 aromatic carbocycles. The molecule has 0 fully saturated rings. The molecule has 0 saturated heterocycles. The van der Waals surface area contributed by atoms with Crippen molar-refractivity contribution in [3.8, 4) is 0 Å². The maximum Gasteiger partial charge on any atom is 0.162 e. The Bertz CT molecular complexity index is 1790. The molecule has 2 N–H and O–H groups in total. The van der Waals surface area contributed by atoms with Crippen molar-refractivity contribution in [3.63, 3.8) is 0 Å².